The van der Waals surface area contributed by atoms with Gasteiger partial charge in [-0.3, -0.25) is 0 Å². The smallest absolute Gasteiger partial charge is 0.145 e. The summed E-state index contributed by atoms with van der Waals surface area (Å²) in [6.07, 6.45) is 8.86. The first-order chi connectivity index (χ1) is 7.81. The first-order valence-electron chi connectivity index (χ1n) is 6.01. The number of aromatic nitrogens is 2. The van der Waals surface area contributed by atoms with Gasteiger partial charge < -0.3 is 4.90 Å². The summed E-state index contributed by atoms with van der Waals surface area (Å²) < 4.78 is 1.16. The lowest BCUT2D eigenvalue weighted by molar-refractivity contribution is 0.377. The summed E-state index contributed by atoms with van der Waals surface area (Å²) in [6, 6.07) is 0. The Morgan fingerprint density at radius 3 is 2.81 bits per heavy atom. The minimum Gasteiger partial charge on any atom is -0.356 e. The minimum absolute atomic E-state index is 0.931. The molecule has 1 aliphatic rings. The van der Waals surface area contributed by atoms with E-state index in [1.807, 2.05) is 6.20 Å². The predicted octanol–water partition coefficient (Wildman–Crippen LogP) is 3.10. The molecule has 1 saturated heterocycles. The Hall–Kier alpha value is -0.390. The monoisotopic (exact) mass is 331 g/mol. The van der Waals surface area contributed by atoms with Crippen LogP contribution in [0.3, 0.4) is 0 Å². The number of nitrogens with zero attached hydrogens (tertiary/aromatic N) is 3. The number of rotatable bonds is 3. The van der Waals surface area contributed by atoms with Crippen LogP contribution in [0.2, 0.25) is 0 Å². The molecule has 0 bridgehead atoms. The zero-order valence-corrected chi connectivity index (χ0v) is 11.9. The molecule has 1 aromatic rings. The molecular weight excluding hydrogens is 313 g/mol. The van der Waals surface area contributed by atoms with Crippen LogP contribution in [0, 0.1) is 9.49 Å². The van der Waals surface area contributed by atoms with Gasteiger partial charge in [-0.2, -0.15) is 0 Å². The van der Waals surface area contributed by atoms with Gasteiger partial charge in [0.1, 0.15) is 12.1 Å². The Kier molecular flexibility index (Phi) is 4.37. The number of piperidine rings is 1. The summed E-state index contributed by atoms with van der Waals surface area (Å²) in [4.78, 5) is 10.8. The van der Waals surface area contributed by atoms with Gasteiger partial charge in [0.05, 0.1) is 3.57 Å². The van der Waals surface area contributed by atoms with E-state index >= 15 is 0 Å². The molecule has 0 spiro atoms. The zero-order chi connectivity index (χ0) is 11.4. The van der Waals surface area contributed by atoms with E-state index in [-0.39, 0.29) is 0 Å². The van der Waals surface area contributed by atoms with Crippen LogP contribution in [0.15, 0.2) is 12.5 Å². The lowest BCUT2D eigenvalue weighted by Gasteiger charge is -2.33. The second-order valence-electron chi connectivity index (χ2n) is 4.41. The van der Waals surface area contributed by atoms with Crippen LogP contribution in [0.5, 0.6) is 0 Å². The Balaban J connectivity index is 1.96. The van der Waals surface area contributed by atoms with E-state index in [2.05, 4.69) is 44.4 Å². The van der Waals surface area contributed by atoms with E-state index < -0.39 is 0 Å². The molecule has 4 heteroatoms. The molecule has 0 N–H and O–H groups in total. The number of hydrogen-bond donors (Lipinski definition) is 0. The predicted molar refractivity (Wildman–Crippen MR) is 74.6 cm³/mol. The van der Waals surface area contributed by atoms with Gasteiger partial charge >= 0.3 is 0 Å². The molecule has 2 rings (SSSR count). The number of hydrogen-bond acceptors (Lipinski definition) is 3. The summed E-state index contributed by atoms with van der Waals surface area (Å²) >= 11 is 2.32. The molecular formula is C12H18IN3. The maximum Gasteiger partial charge on any atom is 0.145 e. The molecule has 1 fully saturated rings. The van der Waals surface area contributed by atoms with Gasteiger partial charge in [0.2, 0.25) is 0 Å². The average Bonchev–Trinajstić information content (AvgIpc) is 2.31. The molecule has 0 radical (unpaired) electrons. The summed E-state index contributed by atoms with van der Waals surface area (Å²) in [5.41, 5.74) is 0. The van der Waals surface area contributed by atoms with Crippen LogP contribution in [0.4, 0.5) is 5.82 Å². The lowest BCUT2D eigenvalue weighted by atomic mass is 9.92. The summed E-state index contributed by atoms with van der Waals surface area (Å²) in [5, 5.41) is 0. The second-order valence-corrected chi connectivity index (χ2v) is 5.58. The summed E-state index contributed by atoms with van der Waals surface area (Å²) in [5.74, 6) is 2.05. The highest BCUT2D eigenvalue weighted by Crippen LogP contribution is 2.26. The highest BCUT2D eigenvalue weighted by Gasteiger charge is 2.20. The standard InChI is InChI=1S/C12H18IN3/c1-2-3-10-4-6-16(7-5-10)12-11(13)8-14-9-15-12/h8-10H,2-7H2,1H3. The Morgan fingerprint density at radius 2 is 2.19 bits per heavy atom. The third-order valence-electron chi connectivity index (χ3n) is 3.26. The van der Waals surface area contributed by atoms with Crippen molar-refractivity contribution in [3.05, 3.63) is 16.1 Å². The van der Waals surface area contributed by atoms with Gasteiger partial charge in [-0.1, -0.05) is 19.8 Å². The fraction of sp³-hybridized carbons (Fsp3) is 0.667. The van der Waals surface area contributed by atoms with Crippen LogP contribution in [0.1, 0.15) is 32.6 Å². The van der Waals surface area contributed by atoms with Crippen molar-refractivity contribution in [1.82, 2.24) is 9.97 Å². The van der Waals surface area contributed by atoms with Gasteiger partial charge in [0.25, 0.3) is 0 Å². The molecule has 16 heavy (non-hydrogen) atoms. The van der Waals surface area contributed by atoms with Crippen LogP contribution >= 0.6 is 22.6 Å². The topological polar surface area (TPSA) is 29.0 Å². The molecule has 0 atom stereocenters. The highest BCUT2D eigenvalue weighted by atomic mass is 127. The average molecular weight is 331 g/mol. The van der Waals surface area contributed by atoms with Crippen LogP contribution < -0.4 is 4.90 Å². The van der Waals surface area contributed by atoms with Gasteiger partial charge in [-0.15, -0.1) is 0 Å². The molecule has 0 aliphatic carbocycles. The maximum atomic E-state index is 4.38. The third kappa shape index (κ3) is 2.84. The summed E-state index contributed by atoms with van der Waals surface area (Å²) in [7, 11) is 0. The highest BCUT2D eigenvalue weighted by molar-refractivity contribution is 14.1. The fourth-order valence-corrected chi connectivity index (χ4v) is 3.02. The normalized spacial score (nSPS) is 17.8. The van der Waals surface area contributed by atoms with Crippen molar-refractivity contribution in [3.8, 4) is 0 Å². The van der Waals surface area contributed by atoms with E-state index in [1.165, 1.54) is 25.7 Å². The van der Waals surface area contributed by atoms with Crippen LogP contribution in [-0.4, -0.2) is 23.1 Å². The molecule has 2 heterocycles. The van der Waals surface area contributed by atoms with Gasteiger partial charge in [0.15, 0.2) is 0 Å². The van der Waals surface area contributed by atoms with Crippen molar-refractivity contribution in [1.29, 1.82) is 0 Å². The van der Waals surface area contributed by atoms with Gasteiger partial charge in [-0.25, -0.2) is 9.97 Å². The Bertz CT molecular complexity index is 335. The van der Waals surface area contributed by atoms with Gasteiger partial charge in [-0.05, 0) is 41.4 Å². The maximum absolute atomic E-state index is 4.38. The van der Waals surface area contributed by atoms with Crippen molar-refractivity contribution in [3.63, 3.8) is 0 Å². The van der Waals surface area contributed by atoms with Crippen molar-refractivity contribution in [2.45, 2.75) is 32.6 Å². The summed E-state index contributed by atoms with van der Waals surface area (Å²) in [6.45, 7) is 4.58. The number of anilines is 1. The van der Waals surface area contributed by atoms with E-state index in [0.29, 0.717) is 0 Å². The molecule has 0 unspecified atom stereocenters. The van der Waals surface area contributed by atoms with Gasteiger partial charge in [0, 0.05) is 19.3 Å². The van der Waals surface area contributed by atoms with E-state index in [0.717, 1.165) is 28.4 Å². The largest absolute Gasteiger partial charge is 0.356 e. The molecule has 3 nitrogen and oxygen atoms in total. The molecule has 88 valence electrons. The Labute approximate surface area is 111 Å². The SMILES string of the molecule is CCCC1CCN(c2ncncc2I)CC1. The number of halogens is 1. The quantitative estimate of drug-likeness (QED) is 0.797. The zero-order valence-electron chi connectivity index (χ0n) is 9.69. The van der Waals surface area contributed by atoms with Crippen molar-refractivity contribution >= 4 is 28.4 Å². The molecule has 0 aromatic carbocycles. The van der Waals surface area contributed by atoms with Crippen LogP contribution in [0.25, 0.3) is 0 Å². The molecule has 1 aliphatic heterocycles. The fourth-order valence-electron chi connectivity index (χ4n) is 2.38. The third-order valence-corrected chi connectivity index (χ3v) is 4.02. The molecule has 0 saturated carbocycles. The van der Waals surface area contributed by atoms with Crippen LogP contribution in [-0.2, 0) is 0 Å². The first-order valence-corrected chi connectivity index (χ1v) is 7.09. The van der Waals surface area contributed by atoms with E-state index in [1.54, 1.807) is 6.33 Å². The minimum atomic E-state index is 0.931. The van der Waals surface area contributed by atoms with Crippen molar-refractivity contribution in [2.24, 2.45) is 5.92 Å². The molecule has 1 aromatic heterocycles. The molecule has 0 amide bonds. The van der Waals surface area contributed by atoms with E-state index in [4.69, 9.17) is 0 Å². The van der Waals surface area contributed by atoms with E-state index in [9.17, 15) is 0 Å². The van der Waals surface area contributed by atoms with Crippen molar-refractivity contribution in [2.75, 3.05) is 18.0 Å². The second kappa shape index (κ2) is 5.80. The van der Waals surface area contributed by atoms with Crippen molar-refractivity contribution < 1.29 is 0 Å². The lowest BCUT2D eigenvalue weighted by Crippen LogP contribution is -2.34. The first kappa shape index (κ1) is 12.1. The Morgan fingerprint density at radius 1 is 1.44 bits per heavy atom.